The third-order valence-electron chi connectivity index (χ3n) is 3.81. The number of rotatable bonds is 5. The van der Waals surface area contributed by atoms with Crippen molar-refractivity contribution in [3.05, 3.63) is 35.9 Å². The summed E-state index contributed by atoms with van der Waals surface area (Å²) in [4.78, 5) is 38.2. The summed E-state index contributed by atoms with van der Waals surface area (Å²) in [5.41, 5.74) is 0.907. The smallest absolute Gasteiger partial charge is 0.323 e. The Balaban J connectivity index is 2.02. The second-order valence-corrected chi connectivity index (χ2v) is 5.50. The molecule has 0 bridgehead atoms. The quantitative estimate of drug-likeness (QED) is 0.871. The fraction of sp³-hybridized carbons (Fsp3) is 0.438. The average molecular weight is 304 g/mol. The van der Waals surface area contributed by atoms with E-state index in [0.717, 1.165) is 12.0 Å². The van der Waals surface area contributed by atoms with Gasteiger partial charge in [-0.2, -0.15) is 0 Å². The Kier molecular flexibility index (Phi) is 5.14. The Labute approximate surface area is 129 Å². The van der Waals surface area contributed by atoms with Crippen LogP contribution < -0.4 is 0 Å². The van der Waals surface area contributed by atoms with Gasteiger partial charge in [-0.05, 0) is 18.4 Å². The number of nitrogens with zero attached hydrogens (tertiary/aromatic N) is 2. The molecule has 6 heteroatoms. The lowest BCUT2D eigenvalue weighted by Crippen LogP contribution is -2.48. The molecule has 1 aromatic rings. The SMILES string of the molecule is CN(CC(=O)O)C(=O)C1CCCN1C(=O)Cc1ccccc1. The molecule has 1 aromatic carbocycles. The second kappa shape index (κ2) is 7.06. The molecule has 0 aliphatic carbocycles. The van der Waals surface area contributed by atoms with Crippen molar-refractivity contribution in [2.75, 3.05) is 20.1 Å². The molecule has 0 spiro atoms. The Bertz CT molecular complexity index is 559. The van der Waals surface area contributed by atoms with Crippen LogP contribution in [0.3, 0.4) is 0 Å². The summed E-state index contributed by atoms with van der Waals surface area (Å²) in [6.45, 7) is 0.193. The van der Waals surface area contributed by atoms with Gasteiger partial charge in [-0.15, -0.1) is 0 Å². The number of aliphatic carboxylic acids is 1. The molecular formula is C16H20N2O4. The molecular weight excluding hydrogens is 284 g/mol. The maximum Gasteiger partial charge on any atom is 0.323 e. The van der Waals surface area contributed by atoms with Gasteiger partial charge in [-0.3, -0.25) is 14.4 Å². The first-order chi connectivity index (χ1) is 10.5. The van der Waals surface area contributed by atoms with Crippen molar-refractivity contribution in [2.45, 2.75) is 25.3 Å². The third-order valence-corrected chi connectivity index (χ3v) is 3.81. The molecule has 1 aliphatic heterocycles. The van der Waals surface area contributed by atoms with Crippen LogP contribution in [0.25, 0.3) is 0 Å². The monoisotopic (exact) mass is 304 g/mol. The fourth-order valence-electron chi connectivity index (χ4n) is 2.73. The largest absolute Gasteiger partial charge is 0.480 e. The van der Waals surface area contributed by atoms with E-state index in [-0.39, 0.29) is 24.8 Å². The van der Waals surface area contributed by atoms with Gasteiger partial charge in [-0.1, -0.05) is 30.3 Å². The lowest BCUT2D eigenvalue weighted by Gasteiger charge is -2.27. The van der Waals surface area contributed by atoms with Crippen molar-refractivity contribution < 1.29 is 19.5 Å². The van der Waals surface area contributed by atoms with Crippen LogP contribution in [0.15, 0.2) is 30.3 Å². The van der Waals surface area contributed by atoms with Gasteiger partial charge in [0.15, 0.2) is 0 Å². The highest BCUT2D eigenvalue weighted by Crippen LogP contribution is 2.20. The number of hydrogen-bond donors (Lipinski definition) is 1. The van der Waals surface area contributed by atoms with Crippen molar-refractivity contribution >= 4 is 17.8 Å². The molecule has 2 rings (SSSR count). The highest BCUT2D eigenvalue weighted by atomic mass is 16.4. The van der Waals surface area contributed by atoms with E-state index in [9.17, 15) is 14.4 Å². The minimum Gasteiger partial charge on any atom is -0.480 e. The van der Waals surface area contributed by atoms with Crippen LogP contribution in [0.4, 0.5) is 0 Å². The molecule has 118 valence electrons. The van der Waals surface area contributed by atoms with Gasteiger partial charge < -0.3 is 14.9 Å². The van der Waals surface area contributed by atoms with E-state index >= 15 is 0 Å². The molecule has 0 saturated carbocycles. The summed E-state index contributed by atoms with van der Waals surface area (Å²) in [6, 6.07) is 8.84. The van der Waals surface area contributed by atoms with Crippen molar-refractivity contribution in [1.29, 1.82) is 0 Å². The molecule has 2 amide bonds. The number of amides is 2. The van der Waals surface area contributed by atoms with Gasteiger partial charge in [0.25, 0.3) is 0 Å². The van der Waals surface area contributed by atoms with Crippen molar-refractivity contribution in [3.63, 3.8) is 0 Å². The van der Waals surface area contributed by atoms with Gasteiger partial charge in [0, 0.05) is 13.6 Å². The Morgan fingerprint density at radius 3 is 2.59 bits per heavy atom. The first kappa shape index (κ1) is 16.0. The Hall–Kier alpha value is -2.37. The topological polar surface area (TPSA) is 77.9 Å². The molecule has 1 fully saturated rings. The van der Waals surface area contributed by atoms with Crippen LogP contribution in [0.5, 0.6) is 0 Å². The van der Waals surface area contributed by atoms with Crippen molar-refractivity contribution in [3.8, 4) is 0 Å². The fourth-order valence-corrected chi connectivity index (χ4v) is 2.73. The minimum absolute atomic E-state index is 0.0919. The summed E-state index contributed by atoms with van der Waals surface area (Å²) < 4.78 is 0. The molecule has 22 heavy (non-hydrogen) atoms. The summed E-state index contributed by atoms with van der Waals surface area (Å²) in [5, 5.41) is 8.77. The van der Waals surface area contributed by atoms with Crippen LogP contribution in [0.2, 0.25) is 0 Å². The first-order valence-electron chi connectivity index (χ1n) is 7.29. The minimum atomic E-state index is -1.06. The molecule has 0 radical (unpaired) electrons. The van der Waals surface area contributed by atoms with Gasteiger partial charge in [0.1, 0.15) is 12.6 Å². The normalized spacial score (nSPS) is 17.3. The van der Waals surface area contributed by atoms with E-state index in [1.54, 1.807) is 4.90 Å². The second-order valence-electron chi connectivity index (χ2n) is 5.50. The average Bonchev–Trinajstić information content (AvgIpc) is 2.96. The van der Waals surface area contributed by atoms with E-state index < -0.39 is 12.0 Å². The number of hydrogen-bond acceptors (Lipinski definition) is 3. The van der Waals surface area contributed by atoms with Crippen molar-refractivity contribution in [2.24, 2.45) is 0 Å². The number of likely N-dealkylation sites (tertiary alicyclic amines) is 1. The van der Waals surface area contributed by atoms with Crippen LogP contribution in [-0.2, 0) is 20.8 Å². The summed E-state index contributed by atoms with van der Waals surface area (Å²) in [6.07, 6.45) is 1.61. The molecule has 1 N–H and O–H groups in total. The molecule has 1 unspecified atom stereocenters. The molecule has 1 heterocycles. The number of carbonyl (C=O) groups excluding carboxylic acids is 2. The number of likely N-dealkylation sites (N-methyl/N-ethyl adjacent to an activating group) is 1. The first-order valence-corrected chi connectivity index (χ1v) is 7.29. The summed E-state index contributed by atoms with van der Waals surface area (Å²) in [7, 11) is 1.45. The Morgan fingerprint density at radius 2 is 1.95 bits per heavy atom. The van der Waals surface area contributed by atoms with Gasteiger partial charge in [-0.25, -0.2) is 0 Å². The molecule has 1 atom stereocenters. The van der Waals surface area contributed by atoms with E-state index in [4.69, 9.17) is 5.11 Å². The number of carboxylic acid groups (broad SMARTS) is 1. The predicted octanol–water partition coefficient (Wildman–Crippen LogP) is 0.763. The number of benzene rings is 1. The zero-order valence-electron chi connectivity index (χ0n) is 12.6. The predicted molar refractivity (Wildman–Crippen MR) is 80.2 cm³/mol. The van der Waals surface area contributed by atoms with E-state index in [0.29, 0.717) is 13.0 Å². The zero-order chi connectivity index (χ0) is 16.1. The number of carbonyl (C=O) groups is 3. The van der Waals surface area contributed by atoms with Crippen molar-refractivity contribution in [1.82, 2.24) is 9.80 Å². The van der Waals surface area contributed by atoms with Gasteiger partial charge in [0.2, 0.25) is 11.8 Å². The zero-order valence-corrected chi connectivity index (χ0v) is 12.6. The highest BCUT2D eigenvalue weighted by molar-refractivity contribution is 5.90. The van der Waals surface area contributed by atoms with Gasteiger partial charge >= 0.3 is 5.97 Å². The molecule has 6 nitrogen and oxygen atoms in total. The van der Waals surface area contributed by atoms with Gasteiger partial charge in [0.05, 0.1) is 6.42 Å². The van der Waals surface area contributed by atoms with E-state index in [1.165, 1.54) is 11.9 Å². The lowest BCUT2D eigenvalue weighted by molar-refractivity contribution is -0.147. The Morgan fingerprint density at radius 1 is 1.27 bits per heavy atom. The maximum absolute atomic E-state index is 12.4. The van der Waals surface area contributed by atoms with Crippen LogP contribution >= 0.6 is 0 Å². The third kappa shape index (κ3) is 3.84. The summed E-state index contributed by atoms with van der Waals surface area (Å²) >= 11 is 0. The molecule has 1 aliphatic rings. The maximum atomic E-state index is 12.4. The summed E-state index contributed by atoms with van der Waals surface area (Å²) in [5.74, 6) is -1.46. The lowest BCUT2D eigenvalue weighted by atomic mass is 10.1. The molecule has 1 saturated heterocycles. The standard InChI is InChI=1S/C16H20N2O4/c1-17(11-15(20)21)16(22)13-8-5-9-18(13)14(19)10-12-6-3-2-4-7-12/h2-4,6-7,13H,5,8-11H2,1H3,(H,20,21). The van der Waals surface area contributed by atoms with E-state index in [1.807, 2.05) is 30.3 Å². The number of carboxylic acids is 1. The van der Waals surface area contributed by atoms with Crippen LogP contribution in [-0.4, -0.2) is 58.9 Å². The van der Waals surface area contributed by atoms with Crippen LogP contribution in [0.1, 0.15) is 18.4 Å². The highest BCUT2D eigenvalue weighted by Gasteiger charge is 2.35. The van der Waals surface area contributed by atoms with E-state index in [2.05, 4.69) is 0 Å². The van der Waals surface area contributed by atoms with Crippen LogP contribution in [0, 0.1) is 0 Å². The molecule has 0 aromatic heterocycles.